The molecule has 0 unspecified atom stereocenters. The Hall–Kier alpha value is -3.10. The number of carbonyl (C=O) groups excluding carboxylic acids is 4. The predicted octanol–water partition coefficient (Wildman–Crippen LogP) is 3.64. The van der Waals surface area contributed by atoms with Gasteiger partial charge in [0.15, 0.2) is 0 Å². The number of carbonyl (C=O) groups is 4. The lowest BCUT2D eigenvalue weighted by molar-refractivity contribution is -0.139. The summed E-state index contributed by atoms with van der Waals surface area (Å²) in [7, 11) is 0. The molecule has 0 aromatic heterocycles. The Morgan fingerprint density at radius 3 is 2.36 bits per heavy atom. The van der Waals surface area contributed by atoms with Gasteiger partial charge in [0.05, 0.1) is 12.6 Å². The molecule has 36 heavy (non-hydrogen) atoms. The number of Topliss-reactive ketones (excluding diaryl/α,β-unsaturated/α-hetero) is 1. The number of ether oxygens (including phenoxy) is 1. The quantitative estimate of drug-likeness (QED) is 0.503. The maximum atomic E-state index is 13.0. The molecule has 0 spiro atoms. The van der Waals surface area contributed by atoms with Crippen molar-refractivity contribution >= 4 is 23.8 Å². The molecule has 0 bridgehead atoms. The van der Waals surface area contributed by atoms with Crippen LogP contribution in [0.15, 0.2) is 30.3 Å². The summed E-state index contributed by atoms with van der Waals surface area (Å²) in [6.45, 7) is 10.0. The minimum absolute atomic E-state index is 0.0210. The number of ketones is 1. The van der Waals surface area contributed by atoms with Crippen molar-refractivity contribution in [2.75, 3.05) is 26.2 Å². The Morgan fingerprint density at radius 1 is 1.06 bits per heavy atom. The summed E-state index contributed by atoms with van der Waals surface area (Å²) in [5, 5.41) is 5.35. The van der Waals surface area contributed by atoms with Crippen molar-refractivity contribution in [3.8, 4) is 0 Å². The first-order valence-corrected chi connectivity index (χ1v) is 13.0. The van der Waals surface area contributed by atoms with E-state index in [0.717, 1.165) is 37.9 Å². The zero-order valence-electron chi connectivity index (χ0n) is 21.9. The van der Waals surface area contributed by atoms with Gasteiger partial charge in [-0.15, -0.1) is 0 Å². The number of benzene rings is 1. The van der Waals surface area contributed by atoms with Crippen LogP contribution in [0.5, 0.6) is 0 Å². The lowest BCUT2D eigenvalue weighted by Gasteiger charge is -2.26. The molecule has 3 atom stereocenters. The summed E-state index contributed by atoms with van der Waals surface area (Å²) in [5.41, 5.74) is 0.450. The van der Waals surface area contributed by atoms with Crippen molar-refractivity contribution in [3.05, 3.63) is 35.9 Å². The third-order valence-electron chi connectivity index (χ3n) is 7.08. The van der Waals surface area contributed by atoms with E-state index in [4.69, 9.17) is 4.74 Å². The molecule has 9 heteroatoms. The molecule has 4 amide bonds. The SMILES string of the molecule is CCCC[C@H](NC(=O)O[C@@H]1CN(C(=O)N2CCCC2)CC1(C)C)C(=O)C(=O)N[C@H](C)c1ccccc1. The second kappa shape index (κ2) is 12.2. The molecular weight excluding hydrogens is 460 g/mol. The van der Waals surface area contributed by atoms with E-state index < -0.39 is 35.3 Å². The first kappa shape index (κ1) is 27.5. The van der Waals surface area contributed by atoms with E-state index in [1.54, 1.807) is 11.8 Å². The van der Waals surface area contributed by atoms with Crippen molar-refractivity contribution in [1.29, 1.82) is 0 Å². The summed E-state index contributed by atoms with van der Waals surface area (Å²) in [4.78, 5) is 54.9. The molecule has 198 valence electrons. The summed E-state index contributed by atoms with van der Waals surface area (Å²) < 4.78 is 5.71. The third kappa shape index (κ3) is 6.98. The van der Waals surface area contributed by atoms with Crippen LogP contribution in [0.2, 0.25) is 0 Å². The van der Waals surface area contributed by atoms with Gasteiger partial charge in [-0.05, 0) is 31.7 Å². The first-order chi connectivity index (χ1) is 17.1. The third-order valence-corrected chi connectivity index (χ3v) is 7.08. The van der Waals surface area contributed by atoms with Crippen molar-refractivity contribution in [1.82, 2.24) is 20.4 Å². The first-order valence-electron chi connectivity index (χ1n) is 13.0. The smallest absolute Gasteiger partial charge is 0.408 e. The number of alkyl carbamates (subject to hydrolysis) is 1. The highest BCUT2D eigenvalue weighted by Gasteiger charge is 2.45. The Kier molecular flexibility index (Phi) is 9.34. The van der Waals surface area contributed by atoms with E-state index in [9.17, 15) is 19.2 Å². The minimum Gasteiger partial charge on any atom is -0.444 e. The van der Waals surface area contributed by atoms with Crippen LogP contribution in [0.3, 0.4) is 0 Å². The molecule has 0 radical (unpaired) electrons. The van der Waals surface area contributed by atoms with E-state index in [0.29, 0.717) is 25.9 Å². The Labute approximate surface area is 213 Å². The molecule has 2 saturated heterocycles. The fraction of sp³-hybridized carbons (Fsp3) is 0.630. The number of rotatable bonds is 9. The van der Waals surface area contributed by atoms with Crippen LogP contribution in [0.25, 0.3) is 0 Å². The van der Waals surface area contributed by atoms with Crippen LogP contribution in [0.4, 0.5) is 9.59 Å². The predicted molar refractivity (Wildman–Crippen MR) is 136 cm³/mol. The van der Waals surface area contributed by atoms with Gasteiger partial charge in [0, 0.05) is 25.0 Å². The molecular formula is C27H40N4O5. The Morgan fingerprint density at radius 2 is 1.72 bits per heavy atom. The number of urea groups is 1. The Balaban J connectivity index is 1.59. The van der Waals surface area contributed by atoms with Crippen molar-refractivity contribution in [2.24, 2.45) is 5.41 Å². The summed E-state index contributed by atoms with van der Waals surface area (Å²) >= 11 is 0. The number of nitrogens with zero attached hydrogens (tertiary/aromatic N) is 2. The average Bonchev–Trinajstić information content (AvgIpc) is 3.49. The van der Waals surface area contributed by atoms with E-state index in [1.165, 1.54) is 0 Å². The van der Waals surface area contributed by atoms with Gasteiger partial charge in [-0.2, -0.15) is 0 Å². The average molecular weight is 501 g/mol. The van der Waals surface area contributed by atoms with E-state index in [1.807, 2.05) is 56.0 Å². The van der Waals surface area contributed by atoms with Crippen LogP contribution >= 0.6 is 0 Å². The highest BCUT2D eigenvalue weighted by Crippen LogP contribution is 2.33. The zero-order chi connectivity index (χ0) is 26.3. The molecule has 2 N–H and O–H groups in total. The van der Waals surface area contributed by atoms with Crippen LogP contribution < -0.4 is 10.6 Å². The Bertz CT molecular complexity index is 929. The topological polar surface area (TPSA) is 108 Å². The van der Waals surface area contributed by atoms with Crippen LogP contribution in [-0.2, 0) is 14.3 Å². The molecule has 1 aromatic rings. The van der Waals surface area contributed by atoms with Gasteiger partial charge < -0.3 is 25.2 Å². The number of likely N-dealkylation sites (tertiary alicyclic amines) is 2. The van der Waals surface area contributed by atoms with E-state index >= 15 is 0 Å². The zero-order valence-corrected chi connectivity index (χ0v) is 21.9. The molecule has 2 aliphatic rings. The molecule has 9 nitrogen and oxygen atoms in total. The van der Waals surface area contributed by atoms with Gasteiger partial charge in [-0.25, -0.2) is 9.59 Å². The molecule has 0 saturated carbocycles. The lowest BCUT2D eigenvalue weighted by atomic mass is 9.90. The number of nitrogens with one attached hydrogen (secondary N) is 2. The molecule has 0 aliphatic carbocycles. The second-order valence-corrected chi connectivity index (χ2v) is 10.5. The van der Waals surface area contributed by atoms with Crippen molar-refractivity contribution < 1.29 is 23.9 Å². The van der Waals surface area contributed by atoms with Crippen LogP contribution in [0.1, 0.15) is 71.4 Å². The largest absolute Gasteiger partial charge is 0.444 e. The monoisotopic (exact) mass is 500 g/mol. The van der Waals surface area contributed by atoms with Gasteiger partial charge in [-0.1, -0.05) is 63.9 Å². The molecule has 3 rings (SSSR count). The number of unbranched alkanes of at least 4 members (excludes halogenated alkanes) is 1. The minimum atomic E-state index is -0.979. The van der Waals surface area contributed by atoms with Crippen molar-refractivity contribution in [3.63, 3.8) is 0 Å². The van der Waals surface area contributed by atoms with E-state index in [-0.39, 0.29) is 12.1 Å². The number of hydrogen-bond acceptors (Lipinski definition) is 5. The summed E-state index contributed by atoms with van der Waals surface area (Å²) in [6, 6.07) is 8.02. The highest BCUT2D eigenvalue weighted by atomic mass is 16.6. The second-order valence-electron chi connectivity index (χ2n) is 10.5. The fourth-order valence-electron chi connectivity index (χ4n) is 4.79. The van der Waals surface area contributed by atoms with Gasteiger partial charge in [0.2, 0.25) is 5.78 Å². The van der Waals surface area contributed by atoms with Gasteiger partial charge in [0.1, 0.15) is 12.1 Å². The summed E-state index contributed by atoms with van der Waals surface area (Å²) in [6.07, 6.45) is 2.58. The van der Waals surface area contributed by atoms with Gasteiger partial charge >= 0.3 is 12.1 Å². The van der Waals surface area contributed by atoms with Gasteiger partial charge in [-0.3, -0.25) is 9.59 Å². The lowest BCUT2D eigenvalue weighted by Crippen LogP contribution is -2.49. The maximum Gasteiger partial charge on any atom is 0.408 e. The highest BCUT2D eigenvalue weighted by molar-refractivity contribution is 6.38. The van der Waals surface area contributed by atoms with Crippen LogP contribution in [0, 0.1) is 5.41 Å². The summed E-state index contributed by atoms with van der Waals surface area (Å²) in [5.74, 6) is -1.43. The van der Waals surface area contributed by atoms with Crippen molar-refractivity contribution in [2.45, 2.75) is 78.0 Å². The number of amides is 4. The molecule has 2 heterocycles. The van der Waals surface area contributed by atoms with Crippen LogP contribution in [-0.4, -0.2) is 71.9 Å². The maximum absolute atomic E-state index is 13.0. The molecule has 2 fully saturated rings. The molecule has 2 aliphatic heterocycles. The van der Waals surface area contributed by atoms with Gasteiger partial charge in [0.25, 0.3) is 5.91 Å². The fourth-order valence-corrected chi connectivity index (χ4v) is 4.79. The molecule has 1 aromatic carbocycles. The standard InChI is InChI=1S/C27H40N4O5/c1-5-6-14-21(23(32)24(33)28-19(2)20-12-8-7-9-13-20)29-25(34)36-22-17-31(18-27(22,3)4)26(35)30-15-10-11-16-30/h7-9,12-13,19,21-22H,5-6,10-11,14-18H2,1-4H3,(H,28,33)(H,29,34)/t19-,21+,22-/m1/s1. The normalized spacial score (nSPS) is 20.5. The van der Waals surface area contributed by atoms with E-state index in [2.05, 4.69) is 10.6 Å². The number of hydrogen-bond donors (Lipinski definition) is 2.